The summed E-state index contributed by atoms with van der Waals surface area (Å²) >= 11 is 0. The summed E-state index contributed by atoms with van der Waals surface area (Å²) in [5.74, 6) is 1.74. The molecule has 0 aromatic heterocycles. The van der Waals surface area contributed by atoms with E-state index < -0.39 is 20.6 Å². The smallest absolute Gasteiger partial charge is 0.127 e. The molecule has 0 aliphatic heterocycles. The first-order valence-electron chi connectivity index (χ1n) is 5.92. The van der Waals surface area contributed by atoms with E-state index in [0.29, 0.717) is 0 Å². The quantitative estimate of drug-likeness (QED) is 0.295. The van der Waals surface area contributed by atoms with Gasteiger partial charge in [-0.2, -0.15) is 16.8 Å². The molecular formula is C12H16N2O7S2Se. The molecule has 0 fully saturated rings. The Labute approximate surface area is 150 Å². The molecule has 0 bridgehead atoms. The van der Waals surface area contributed by atoms with Crippen molar-refractivity contribution in [1.82, 2.24) is 9.66 Å². The van der Waals surface area contributed by atoms with Gasteiger partial charge in [-0.25, -0.2) is 0 Å². The molecule has 0 aliphatic rings. The van der Waals surface area contributed by atoms with E-state index >= 15 is 0 Å². The van der Waals surface area contributed by atoms with Crippen molar-refractivity contribution in [2.24, 2.45) is 0 Å². The molecule has 0 aliphatic carbocycles. The van der Waals surface area contributed by atoms with Crippen LogP contribution in [0.5, 0.6) is 11.5 Å². The van der Waals surface area contributed by atoms with Crippen LogP contribution in [0.2, 0.25) is 0 Å². The van der Waals surface area contributed by atoms with Gasteiger partial charge < -0.3 is 4.74 Å². The third-order valence-corrected chi connectivity index (χ3v) is 2.87. The average molecular weight is 443 g/mol. The summed E-state index contributed by atoms with van der Waals surface area (Å²) in [7, 11) is -9.32. The van der Waals surface area contributed by atoms with E-state index in [2.05, 4.69) is 0 Å². The predicted octanol–water partition coefficient (Wildman–Crippen LogP) is 0.249. The van der Waals surface area contributed by atoms with Crippen molar-refractivity contribution in [1.29, 1.82) is 0 Å². The number of rotatable bonds is 5. The van der Waals surface area contributed by atoms with Gasteiger partial charge in [-0.05, 0) is 24.3 Å². The molecule has 0 spiro atoms. The number of benzene rings is 2. The van der Waals surface area contributed by atoms with Crippen LogP contribution in [0.4, 0.5) is 0 Å². The van der Waals surface area contributed by atoms with Crippen molar-refractivity contribution in [3.8, 4) is 11.5 Å². The van der Waals surface area contributed by atoms with Crippen LogP contribution >= 0.6 is 0 Å². The molecule has 24 heavy (non-hydrogen) atoms. The van der Waals surface area contributed by atoms with Gasteiger partial charge in [0.2, 0.25) is 0 Å². The van der Waals surface area contributed by atoms with Crippen molar-refractivity contribution >= 4 is 37.7 Å². The van der Waals surface area contributed by atoms with Gasteiger partial charge in [-0.1, -0.05) is 36.4 Å². The summed E-state index contributed by atoms with van der Waals surface area (Å²) in [6.45, 7) is 0. The maximum atomic E-state index is 9.68. The SMILES string of the molecule is O=S(=O)(O)NNS(=O)(=O)O.[SeH2].c1ccc(Oc2ccccc2)cc1. The summed E-state index contributed by atoms with van der Waals surface area (Å²) in [5.41, 5.74) is 0. The summed E-state index contributed by atoms with van der Waals surface area (Å²) in [6.07, 6.45) is 0. The van der Waals surface area contributed by atoms with E-state index in [1.807, 2.05) is 60.7 Å². The third kappa shape index (κ3) is 12.0. The van der Waals surface area contributed by atoms with E-state index in [-0.39, 0.29) is 17.1 Å². The van der Waals surface area contributed by atoms with Crippen LogP contribution in [0.15, 0.2) is 60.7 Å². The average Bonchev–Trinajstić information content (AvgIpc) is 2.47. The van der Waals surface area contributed by atoms with Gasteiger partial charge in [0.15, 0.2) is 0 Å². The molecule has 0 saturated carbocycles. The Morgan fingerprint density at radius 3 is 1.21 bits per heavy atom. The Morgan fingerprint density at radius 1 is 0.667 bits per heavy atom. The predicted molar refractivity (Wildman–Crippen MR) is 90.9 cm³/mol. The van der Waals surface area contributed by atoms with Gasteiger partial charge in [0.1, 0.15) is 11.5 Å². The molecule has 0 saturated heterocycles. The molecule has 2 aromatic rings. The fourth-order valence-corrected chi connectivity index (χ4v) is 2.06. The molecular weight excluding hydrogens is 427 g/mol. The van der Waals surface area contributed by atoms with Crippen molar-refractivity contribution < 1.29 is 30.7 Å². The van der Waals surface area contributed by atoms with Gasteiger partial charge in [-0.3, -0.25) is 9.11 Å². The van der Waals surface area contributed by atoms with Crippen LogP contribution < -0.4 is 14.4 Å². The topological polar surface area (TPSA) is 142 Å². The second-order valence-corrected chi connectivity index (χ2v) is 6.19. The van der Waals surface area contributed by atoms with Crippen LogP contribution in [0.1, 0.15) is 0 Å². The van der Waals surface area contributed by atoms with Crippen molar-refractivity contribution in [2.75, 3.05) is 0 Å². The van der Waals surface area contributed by atoms with Crippen molar-refractivity contribution in [3.63, 3.8) is 0 Å². The molecule has 0 unspecified atom stereocenters. The number of nitrogens with one attached hydrogen (secondary N) is 2. The summed E-state index contributed by atoms with van der Waals surface area (Å²) < 4.78 is 59.9. The number of hydrogen-bond donors (Lipinski definition) is 4. The largest absolute Gasteiger partial charge is 0.457 e. The maximum Gasteiger partial charge on any atom is 0.127 e. The monoisotopic (exact) mass is 444 g/mol. The molecule has 2 rings (SSSR count). The first-order valence-corrected chi connectivity index (χ1v) is 8.80. The van der Waals surface area contributed by atoms with Crippen molar-refractivity contribution in [2.45, 2.75) is 0 Å². The first kappa shape index (κ1) is 22.5. The fourth-order valence-electron chi connectivity index (χ4n) is 1.22. The molecule has 0 amide bonds. The summed E-state index contributed by atoms with van der Waals surface area (Å²) in [6, 6.07) is 19.5. The number of hydrogen-bond acceptors (Lipinski definition) is 5. The van der Waals surface area contributed by atoms with Crippen LogP contribution in [-0.2, 0) is 20.6 Å². The van der Waals surface area contributed by atoms with Crippen LogP contribution in [0.3, 0.4) is 0 Å². The van der Waals surface area contributed by atoms with Gasteiger partial charge in [0.05, 0.1) is 0 Å². The Morgan fingerprint density at radius 2 is 0.958 bits per heavy atom. The van der Waals surface area contributed by atoms with E-state index in [9.17, 15) is 16.8 Å². The van der Waals surface area contributed by atoms with E-state index in [1.54, 1.807) is 0 Å². The van der Waals surface area contributed by atoms with E-state index in [0.717, 1.165) is 21.2 Å². The van der Waals surface area contributed by atoms with Crippen LogP contribution in [-0.4, -0.2) is 43.0 Å². The Kier molecular flexibility index (Phi) is 9.73. The second-order valence-electron chi connectivity index (χ2n) is 3.88. The molecule has 4 N–H and O–H groups in total. The van der Waals surface area contributed by atoms with Crippen molar-refractivity contribution in [3.05, 3.63) is 60.7 Å². The number of ether oxygens (including phenoxy) is 1. The zero-order valence-corrected chi connectivity index (χ0v) is 15.8. The zero-order chi connectivity index (χ0) is 17.3. The van der Waals surface area contributed by atoms with Gasteiger partial charge in [0, 0.05) is 0 Å². The maximum absolute atomic E-state index is 9.68. The van der Waals surface area contributed by atoms with Crippen LogP contribution in [0, 0.1) is 0 Å². The summed E-state index contributed by atoms with van der Waals surface area (Å²) in [4.78, 5) is 1.80. The van der Waals surface area contributed by atoms with Gasteiger partial charge in [-0.15, -0.1) is 9.66 Å². The minimum absolute atomic E-state index is 0. The Bertz CT molecular complexity index is 730. The van der Waals surface area contributed by atoms with Crippen LogP contribution in [0.25, 0.3) is 0 Å². The summed E-state index contributed by atoms with van der Waals surface area (Å²) in [5, 5.41) is 0. The number of para-hydroxylation sites is 2. The van der Waals surface area contributed by atoms with Gasteiger partial charge in [0.25, 0.3) is 0 Å². The van der Waals surface area contributed by atoms with E-state index in [1.165, 1.54) is 0 Å². The molecule has 0 heterocycles. The minimum atomic E-state index is -4.66. The normalized spacial score (nSPS) is 10.8. The molecule has 134 valence electrons. The van der Waals surface area contributed by atoms with E-state index in [4.69, 9.17) is 13.8 Å². The fraction of sp³-hybridized carbons (Fsp3) is 0. The first-order chi connectivity index (χ1) is 10.7. The molecule has 9 nitrogen and oxygen atoms in total. The molecule has 0 radical (unpaired) electrons. The molecule has 12 heteroatoms. The van der Waals surface area contributed by atoms with Gasteiger partial charge >= 0.3 is 37.7 Å². The standard InChI is InChI=1S/C12H10O.H4N2O6S2.H2Se/c1-3-7-11(8-4-1)13-12-9-5-2-6-10-12;3-9(4,5)1-2-10(6,7)8;/h1-10H;1-2H,(H,3,4,5)(H,6,7,8);1H2. The second kappa shape index (κ2) is 10.4. The minimum Gasteiger partial charge on any atom is -0.457 e. The zero-order valence-electron chi connectivity index (χ0n) is 12.0. The molecule has 2 aromatic carbocycles. The third-order valence-electron chi connectivity index (χ3n) is 2.02. The Balaban J connectivity index is 0.000000441. The molecule has 0 atom stereocenters. The Hall–Kier alpha value is -1.50. The number of hydrazine groups is 1.